The number of nitrogens with zero attached hydrogens (tertiary/aromatic N) is 4. The van der Waals surface area contributed by atoms with E-state index in [0.717, 1.165) is 48.2 Å². The van der Waals surface area contributed by atoms with Gasteiger partial charge in [-0.25, -0.2) is 4.98 Å². The summed E-state index contributed by atoms with van der Waals surface area (Å²) in [5.41, 5.74) is 5.52. The van der Waals surface area contributed by atoms with Crippen molar-refractivity contribution in [1.82, 2.24) is 19.2 Å². The molecule has 0 N–H and O–H groups in total. The third-order valence-corrected chi connectivity index (χ3v) is 7.60. The molecule has 1 aromatic carbocycles. The van der Waals surface area contributed by atoms with E-state index < -0.39 is 0 Å². The number of piperidine rings is 2. The quantitative estimate of drug-likeness (QED) is 0.487. The number of rotatable bonds is 6. The van der Waals surface area contributed by atoms with Gasteiger partial charge in [0.15, 0.2) is 6.23 Å². The zero-order chi connectivity index (χ0) is 22.8. The molecule has 0 radical (unpaired) electrons. The Morgan fingerprint density at radius 2 is 1.82 bits per heavy atom. The van der Waals surface area contributed by atoms with Crippen molar-refractivity contribution in [2.24, 2.45) is 0 Å². The van der Waals surface area contributed by atoms with E-state index in [9.17, 15) is 0 Å². The Balaban J connectivity index is 1.29. The molecule has 0 spiro atoms. The molecule has 2 aromatic heterocycles. The number of hydrogen-bond donors (Lipinski definition) is 0. The smallest absolute Gasteiger partial charge is 0.152 e. The Hall–Kier alpha value is -2.37. The average molecular weight is 447 g/mol. The van der Waals surface area contributed by atoms with Crippen molar-refractivity contribution >= 4 is 5.65 Å². The summed E-state index contributed by atoms with van der Waals surface area (Å²) in [4.78, 5) is 10.2. The van der Waals surface area contributed by atoms with E-state index in [0.29, 0.717) is 0 Å². The molecule has 0 aliphatic carbocycles. The van der Waals surface area contributed by atoms with E-state index >= 15 is 0 Å². The molecule has 5 rings (SSSR count). The van der Waals surface area contributed by atoms with Gasteiger partial charge in [0, 0.05) is 42.7 Å². The highest BCUT2D eigenvalue weighted by atomic mass is 16.5. The highest BCUT2D eigenvalue weighted by Crippen LogP contribution is 2.32. The first-order valence-electron chi connectivity index (χ1n) is 12.8. The summed E-state index contributed by atoms with van der Waals surface area (Å²) >= 11 is 0. The average Bonchev–Trinajstić information content (AvgIpc) is 3.27. The van der Waals surface area contributed by atoms with Crippen molar-refractivity contribution < 1.29 is 4.74 Å². The van der Waals surface area contributed by atoms with E-state index in [1.54, 1.807) is 0 Å². The second kappa shape index (κ2) is 9.86. The zero-order valence-electron chi connectivity index (χ0n) is 20.5. The summed E-state index contributed by atoms with van der Waals surface area (Å²) in [6.45, 7) is 11.4. The Morgan fingerprint density at radius 1 is 1.03 bits per heavy atom. The summed E-state index contributed by atoms with van der Waals surface area (Å²) in [6, 6.07) is 11.4. The predicted molar refractivity (Wildman–Crippen MR) is 135 cm³/mol. The summed E-state index contributed by atoms with van der Waals surface area (Å²) in [7, 11) is 0. The number of aromatic nitrogens is 2. The molecule has 2 aliphatic rings. The number of hydrogen-bond acceptors (Lipinski definition) is 4. The molecule has 3 aromatic rings. The van der Waals surface area contributed by atoms with Crippen molar-refractivity contribution in [3.63, 3.8) is 0 Å². The van der Waals surface area contributed by atoms with Crippen LogP contribution in [-0.4, -0.2) is 57.6 Å². The number of imidazole rings is 1. The lowest BCUT2D eigenvalue weighted by atomic mass is 9.99. The highest BCUT2D eigenvalue weighted by Gasteiger charge is 2.29. The minimum absolute atomic E-state index is 0.130. The van der Waals surface area contributed by atoms with Gasteiger partial charge in [0.25, 0.3) is 0 Å². The number of pyridine rings is 1. The SMILES string of the molecule is CCC(Oc1cccc(-c2cn3ccc(C)cc3n2)c1C)N1CCC(N2CCCCC2)CC1. The van der Waals surface area contributed by atoms with Crippen LogP contribution in [0.1, 0.15) is 56.6 Å². The van der Waals surface area contributed by atoms with E-state index in [1.165, 1.54) is 56.3 Å². The Morgan fingerprint density at radius 3 is 2.58 bits per heavy atom. The van der Waals surface area contributed by atoms with Crippen molar-refractivity contribution in [2.75, 3.05) is 26.2 Å². The first-order valence-corrected chi connectivity index (χ1v) is 12.8. The molecule has 5 nitrogen and oxygen atoms in total. The molecule has 1 atom stereocenters. The molecule has 176 valence electrons. The second-order valence-electron chi connectivity index (χ2n) is 9.87. The third kappa shape index (κ3) is 4.80. The summed E-state index contributed by atoms with van der Waals surface area (Å²) in [6.07, 6.45) is 12.0. The van der Waals surface area contributed by atoms with E-state index in [1.807, 2.05) is 0 Å². The van der Waals surface area contributed by atoms with E-state index in [2.05, 4.69) is 77.7 Å². The van der Waals surface area contributed by atoms with Gasteiger partial charge in [0.2, 0.25) is 0 Å². The lowest BCUT2D eigenvalue weighted by Crippen LogP contribution is -2.50. The standard InChI is InChI=1S/C28H38N4O/c1-4-28(31-17-12-23(13-18-31)30-14-6-5-7-15-30)33-26-10-8-9-24(22(26)3)25-20-32-16-11-21(2)19-27(32)29-25/h8-11,16,19-20,23,28H,4-7,12-15,17-18H2,1-3H3. The lowest BCUT2D eigenvalue weighted by Gasteiger charge is -2.42. The van der Waals surface area contributed by atoms with Crippen LogP contribution in [0.25, 0.3) is 16.9 Å². The van der Waals surface area contributed by atoms with E-state index in [-0.39, 0.29) is 6.23 Å². The van der Waals surface area contributed by atoms with Gasteiger partial charge in [-0.15, -0.1) is 0 Å². The topological polar surface area (TPSA) is 33.0 Å². The fraction of sp³-hybridized carbons (Fsp3) is 0.536. The molecule has 1 unspecified atom stereocenters. The Labute approximate surface area is 198 Å². The minimum atomic E-state index is 0.130. The molecule has 33 heavy (non-hydrogen) atoms. The van der Waals surface area contributed by atoms with Crippen molar-refractivity contribution in [2.45, 2.75) is 71.6 Å². The van der Waals surface area contributed by atoms with Crippen LogP contribution in [0.15, 0.2) is 42.7 Å². The van der Waals surface area contributed by atoms with Gasteiger partial charge in [-0.3, -0.25) is 4.90 Å². The molecular weight excluding hydrogens is 408 g/mol. The van der Waals surface area contributed by atoms with Crippen LogP contribution in [-0.2, 0) is 0 Å². The van der Waals surface area contributed by atoms with Gasteiger partial charge < -0.3 is 14.0 Å². The Bertz CT molecular complexity index is 1080. The van der Waals surface area contributed by atoms with Crippen molar-refractivity contribution in [3.8, 4) is 17.0 Å². The van der Waals surface area contributed by atoms with Crippen LogP contribution in [0, 0.1) is 13.8 Å². The first kappa shape index (κ1) is 22.4. The normalized spacial score (nSPS) is 19.7. The number of likely N-dealkylation sites (tertiary alicyclic amines) is 2. The summed E-state index contributed by atoms with van der Waals surface area (Å²) in [5, 5.41) is 0. The first-order chi connectivity index (χ1) is 16.1. The summed E-state index contributed by atoms with van der Waals surface area (Å²) < 4.78 is 8.74. The monoisotopic (exact) mass is 446 g/mol. The lowest BCUT2D eigenvalue weighted by molar-refractivity contribution is -0.0121. The fourth-order valence-electron chi connectivity index (χ4n) is 5.62. The maximum atomic E-state index is 6.65. The van der Waals surface area contributed by atoms with Crippen molar-refractivity contribution in [3.05, 3.63) is 53.9 Å². The van der Waals surface area contributed by atoms with Crippen LogP contribution in [0.2, 0.25) is 0 Å². The molecule has 4 heterocycles. The zero-order valence-corrected chi connectivity index (χ0v) is 20.5. The predicted octanol–water partition coefficient (Wildman–Crippen LogP) is 5.68. The van der Waals surface area contributed by atoms with Crippen LogP contribution < -0.4 is 4.74 Å². The van der Waals surface area contributed by atoms with Gasteiger partial charge >= 0.3 is 0 Å². The van der Waals surface area contributed by atoms with Gasteiger partial charge in [0.1, 0.15) is 11.4 Å². The van der Waals surface area contributed by atoms with Crippen LogP contribution >= 0.6 is 0 Å². The molecule has 5 heteroatoms. The maximum Gasteiger partial charge on any atom is 0.152 e. The number of aryl methyl sites for hydroxylation is 1. The van der Waals surface area contributed by atoms with Crippen LogP contribution in [0.4, 0.5) is 0 Å². The summed E-state index contributed by atoms with van der Waals surface area (Å²) in [5.74, 6) is 0.978. The maximum absolute atomic E-state index is 6.65. The van der Waals surface area contributed by atoms with Crippen LogP contribution in [0.3, 0.4) is 0 Å². The van der Waals surface area contributed by atoms with Gasteiger partial charge in [-0.05, 0) is 82.8 Å². The third-order valence-electron chi connectivity index (χ3n) is 7.60. The number of ether oxygens (including phenoxy) is 1. The molecule has 2 aliphatic heterocycles. The molecule has 2 fully saturated rings. The van der Waals surface area contributed by atoms with E-state index in [4.69, 9.17) is 9.72 Å². The molecular formula is C28H38N4O. The number of fused-ring (bicyclic) bond motifs is 1. The molecule has 0 saturated carbocycles. The second-order valence-corrected chi connectivity index (χ2v) is 9.87. The number of benzene rings is 1. The Kier molecular flexibility index (Phi) is 6.70. The van der Waals surface area contributed by atoms with Crippen LogP contribution in [0.5, 0.6) is 5.75 Å². The highest BCUT2D eigenvalue weighted by molar-refractivity contribution is 5.68. The largest absolute Gasteiger partial charge is 0.475 e. The van der Waals surface area contributed by atoms with Gasteiger partial charge in [0.05, 0.1) is 5.69 Å². The molecule has 0 amide bonds. The van der Waals surface area contributed by atoms with Gasteiger partial charge in [-0.2, -0.15) is 0 Å². The minimum Gasteiger partial charge on any atom is -0.475 e. The van der Waals surface area contributed by atoms with Gasteiger partial charge in [-0.1, -0.05) is 25.5 Å². The molecule has 0 bridgehead atoms. The fourth-order valence-corrected chi connectivity index (χ4v) is 5.62. The van der Waals surface area contributed by atoms with Crippen molar-refractivity contribution in [1.29, 1.82) is 0 Å². The molecule has 2 saturated heterocycles.